The average molecular weight is 260 g/mol. The summed E-state index contributed by atoms with van der Waals surface area (Å²) in [5.74, 6) is -0.946. The molecule has 2 aromatic rings. The van der Waals surface area contributed by atoms with E-state index in [0.29, 0.717) is 18.8 Å². The lowest BCUT2D eigenvalue weighted by Gasteiger charge is -2.17. The SMILES string of the molecule is CN(Cc1cccnc1)Cc1c(C(=O)O)cnn1C. The molecule has 0 aliphatic heterocycles. The highest BCUT2D eigenvalue weighted by Crippen LogP contribution is 2.11. The van der Waals surface area contributed by atoms with E-state index in [1.54, 1.807) is 24.1 Å². The van der Waals surface area contributed by atoms with Crippen molar-refractivity contribution in [3.8, 4) is 0 Å². The predicted octanol–water partition coefficient (Wildman–Crippen LogP) is 1.15. The molecule has 6 heteroatoms. The number of aromatic carboxylic acids is 1. The molecule has 2 aromatic heterocycles. The van der Waals surface area contributed by atoms with E-state index in [-0.39, 0.29) is 5.56 Å². The predicted molar refractivity (Wildman–Crippen MR) is 69.6 cm³/mol. The van der Waals surface area contributed by atoms with Gasteiger partial charge >= 0.3 is 5.97 Å². The van der Waals surface area contributed by atoms with Gasteiger partial charge in [-0.2, -0.15) is 5.10 Å². The lowest BCUT2D eigenvalue weighted by molar-refractivity contribution is 0.0694. The van der Waals surface area contributed by atoms with Crippen molar-refractivity contribution in [2.45, 2.75) is 13.1 Å². The number of hydrogen-bond donors (Lipinski definition) is 1. The Morgan fingerprint density at radius 3 is 2.84 bits per heavy atom. The van der Waals surface area contributed by atoms with Gasteiger partial charge in [0.05, 0.1) is 11.9 Å². The fourth-order valence-corrected chi connectivity index (χ4v) is 1.94. The molecule has 100 valence electrons. The first-order valence-electron chi connectivity index (χ1n) is 5.89. The van der Waals surface area contributed by atoms with Crippen LogP contribution in [0.25, 0.3) is 0 Å². The van der Waals surface area contributed by atoms with Gasteiger partial charge in [-0.05, 0) is 18.7 Å². The molecule has 2 rings (SSSR count). The number of aromatic nitrogens is 3. The van der Waals surface area contributed by atoms with Crippen LogP contribution in [0.1, 0.15) is 21.6 Å². The first kappa shape index (κ1) is 13.2. The average Bonchev–Trinajstić information content (AvgIpc) is 2.72. The zero-order valence-electron chi connectivity index (χ0n) is 10.9. The highest BCUT2D eigenvalue weighted by Gasteiger charge is 2.16. The number of rotatable bonds is 5. The molecule has 0 saturated heterocycles. The lowest BCUT2D eigenvalue weighted by atomic mass is 10.2. The van der Waals surface area contributed by atoms with Crippen LogP contribution < -0.4 is 0 Å². The van der Waals surface area contributed by atoms with E-state index in [4.69, 9.17) is 5.11 Å². The molecule has 0 spiro atoms. The van der Waals surface area contributed by atoms with Crippen molar-refractivity contribution in [1.29, 1.82) is 0 Å². The Morgan fingerprint density at radius 2 is 2.21 bits per heavy atom. The summed E-state index contributed by atoms with van der Waals surface area (Å²) in [6.45, 7) is 1.23. The molecule has 0 bridgehead atoms. The molecule has 0 unspecified atom stereocenters. The molecule has 0 aliphatic rings. The number of carbonyl (C=O) groups is 1. The van der Waals surface area contributed by atoms with E-state index in [0.717, 1.165) is 5.56 Å². The van der Waals surface area contributed by atoms with Crippen LogP contribution in [0, 0.1) is 0 Å². The minimum Gasteiger partial charge on any atom is -0.478 e. The molecular formula is C13H16N4O2. The third-order valence-corrected chi connectivity index (χ3v) is 2.89. The van der Waals surface area contributed by atoms with Crippen LogP contribution >= 0.6 is 0 Å². The Kier molecular flexibility index (Phi) is 3.91. The monoisotopic (exact) mass is 260 g/mol. The molecule has 19 heavy (non-hydrogen) atoms. The Labute approximate surface area is 111 Å². The Bertz CT molecular complexity index is 565. The minimum absolute atomic E-state index is 0.250. The number of pyridine rings is 1. The van der Waals surface area contributed by atoms with Crippen LogP contribution in [0.3, 0.4) is 0 Å². The van der Waals surface area contributed by atoms with Crippen molar-refractivity contribution >= 4 is 5.97 Å². The first-order valence-corrected chi connectivity index (χ1v) is 5.89. The highest BCUT2D eigenvalue weighted by atomic mass is 16.4. The maximum absolute atomic E-state index is 11.1. The fourth-order valence-electron chi connectivity index (χ4n) is 1.94. The molecule has 0 saturated carbocycles. The summed E-state index contributed by atoms with van der Waals surface area (Å²) in [4.78, 5) is 17.2. The van der Waals surface area contributed by atoms with Crippen LogP contribution in [-0.2, 0) is 20.1 Å². The van der Waals surface area contributed by atoms with E-state index < -0.39 is 5.97 Å². The molecule has 0 aliphatic carbocycles. The van der Waals surface area contributed by atoms with Gasteiger partial charge in [-0.3, -0.25) is 14.6 Å². The normalized spacial score (nSPS) is 10.9. The van der Waals surface area contributed by atoms with Gasteiger partial charge in [-0.15, -0.1) is 0 Å². The number of hydrogen-bond acceptors (Lipinski definition) is 4. The van der Waals surface area contributed by atoms with E-state index >= 15 is 0 Å². The van der Waals surface area contributed by atoms with E-state index in [1.165, 1.54) is 6.20 Å². The van der Waals surface area contributed by atoms with Gasteiger partial charge in [0, 0.05) is 32.5 Å². The van der Waals surface area contributed by atoms with E-state index in [2.05, 4.69) is 10.1 Å². The summed E-state index contributed by atoms with van der Waals surface area (Å²) in [5.41, 5.74) is 2.03. The maximum atomic E-state index is 11.1. The fraction of sp³-hybridized carbons (Fsp3) is 0.308. The smallest absolute Gasteiger partial charge is 0.339 e. The van der Waals surface area contributed by atoms with Crippen molar-refractivity contribution in [2.24, 2.45) is 7.05 Å². The molecule has 0 fully saturated rings. The second-order valence-electron chi connectivity index (χ2n) is 4.47. The summed E-state index contributed by atoms with van der Waals surface area (Å²) in [6.07, 6.45) is 4.92. The second-order valence-corrected chi connectivity index (χ2v) is 4.47. The molecule has 0 aromatic carbocycles. The molecule has 6 nitrogen and oxygen atoms in total. The van der Waals surface area contributed by atoms with Crippen molar-refractivity contribution in [2.75, 3.05) is 7.05 Å². The van der Waals surface area contributed by atoms with Crippen LogP contribution in [0.2, 0.25) is 0 Å². The summed E-state index contributed by atoms with van der Waals surface area (Å²) < 4.78 is 1.60. The lowest BCUT2D eigenvalue weighted by Crippen LogP contribution is -2.20. The van der Waals surface area contributed by atoms with Crippen LogP contribution in [0.5, 0.6) is 0 Å². The largest absolute Gasteiger partial charge is 0.478 e. The van der Waals surface area contributed by atoms with Crippen molar-refractivity contribution in [3.05, 3.63) is 47.5 Å². The highest BCUT2D eigenvalue weighted by molar-refractivity contribution is 5.88. The van der Waals surface area contributed by atoms with E-state index in [9.17, 15) is 4.79 Å². The summed E-state index contributed by atoms with van der Waals surface area (Å²) in [7, 11) is 3.69. The molecule has 2 heterocycles. The Balaban J connectivity index is 2.09. The standard InChI is InChI=1S/C13H16N4O2/c1-16(8-10-4-3-5-14-6-10)9-12-11(13(18)19)7-15-17(12)2/h3-7H,8-9H2,1-2H3,(H,18,19). The topological polar surface area (TPSA) is 71.2 Å². The van der Waals surface area contributed by atoms with Gasteiger partial charge < -0.3 is 5.11 Å². The van der Waals surface area contributed by atoms with E-state index in [1.807, 2.05) is 24.1 Å². The maximum Gasteiger partial charge on any atom is 0.339 e. The zero-order valence-corrected chi connectivity index (χ0v) is 10.9. The van der Waals surface area contributed by atoms with Gasteiger partial charge in [0.1, 0.15) is 5.56 Å². The van der Waals surface area contributed by atoms with Gasteiger partial charge in [-0.1, -0.05) is 6.07 Å². The summed E-state index contributed by atoms with van der Waals surface area (Å²) in [5, 5.41) is 13.1. The van der Waals surface area contributed by atoms with Crippen molar-refractivity contribution < 1.29 is 9.90 Å². The van der Waals surface area contributed by atoms with Crippen LogP contribution in [-0.4, -0.2) is 37.8 Å². The summed E-state index contributed by atoms with van der Waals surface area (Å²) >= 11 is 0. The molecule has 0 radical (unpaired) electrons. The molecule has 0 amide bonds. The van der Waals surface area contributed by atoms with Crippen LogP contribution in [0.4, 0.5) is 0 Å². The zero-order chi connectivity index (χ0) is 13.8. The third kappa shape index (κ3) is 3.17. The number of aryl methyl sites for hydroxylation is 1. The third-order valence-electron chi connectivity index (χ3n) is 2.89. The molecule has 1 N–H and O–H groups in total. The molecular weight excluding hydrogens is 244 g/mol. The Hall–Kier alpha value is -2.21. The van der Waals surface area contributed by atoms with Gasteiger partial charge in [0.15, 0.2) is 0 Å². The summed E-state index contributed by atoms with van der Waals surface area (Å²) in [6, 6.07) is 3.88. The molecule has 0 atom stereocenters. The van der Waals surface area contributed by atoms with Crippen LogP contribution in [0.15, 0.2) is 30.7 Å². The van der Waals surface area contributed by atoms with Gasteiger partial charge in [-0.25, -0.2) is 4.79 Å². The number of carboxylic acids is 1. The second kappa shape index (κ2) is 5.62. The quantitative estimate of drug-likeness (QED) is 0.873. The van der Waals surface area contributed by atoms with Gasteiger partial charge in [0.2, 0.25) is 0 Å². The van der Waals surface area contributed by atoms with Crippen molar-refractivity contribution in [3.63, 3.8) is 0 Å². The number of nitrogens with zero attached hydrogens (tertiary/aromatic N) is 4. The van der Waals surface area contributed by atoms with Crippen molar-refractivity contribution in [1.82, 2.24) is 19.7 Å². The Morgan fingerprint density at radius 1 is 1.42 bits per heavy atom. The minimum atomic E-state index is -0.946. The first-order chi connectivity index (χ1) is 9.08. The number of carboxylic acid groups (broad SMARTS) is 1. The van der Waals surface area contributed by atoms with Gasteiger partial charge in [0.25, 0.3) is 0 Å².